The third-order valence-corrected chi connectivity index (χ3v) is 8.02. The van der Waals surface area contributed by atoms with E-state index in [2.05, 4.69) is 68.1 Å². The van der Waals surface area contributed by atoms with Crippen LogP contribution in [0.4, 0.5) is 0 Å². The average molecular weight is 401 g/mol. The summed E-state index contributed by atoms with van der Waals surface area (Å²) >= 11 is 0. The number of allylic oxidation sites excluding steroid dienone is 1. The average Bonchev–Trinajstić information content (AvgIpc) is 2.83. The quantitative estimate of drug-likeness (QED) is 0.406. The molecule has 0 heteroatoms. The highest BCUT2D eigenvalue weighted by Gasteiger charge is 2.22. The highest BCUT2D eigenvalue weighted by molar-refractivity contribution is 5.64. The minimum Gasteiger partial charge on any atom is -0.103 e. The zero-order valence-electron chi connectivity index (χ0n) is 19.0. The van der Waals surface area contributed by atoms with E-state index in [0.717, 1.165) is 23.7 Å². The van der Waals surface area contributed by atoms with Gasteiger partial charge in [0.15, 0.2) is 0 Å². The van der Waals surface area contributed by atoms with Gasteiger partial charge in [-0.05, 0) is 97.3 Å². The maximum absolute atomic E-state index is 3.98. The van der Waals surface area contributed by atoms with Gasteiger partial charge in [0, 0.05) is 0 Å². The van der Waals surface area contributed by atoms with Gasteiger partial charge in [-0.15, -0.1) is 6.58 Å². The summed E-state index contributed by atoms with van der Waals surface area (Å²) in [6.45, 7) is 6.29. The summed E-state index contributed by atoms with van der Waals surface area (Å²) in [6, 6.07) is 18.9. The van der Waals surface area contributed by atoms with Crippen molar-refractivity contribution in [3.8, 4) is 11.1 Å². The summed E-state index contributed by atoms with van der Waals surface area (Å²) in [6.07, 6.45) is 17.2. The molecule has 2 aromatic rings. The molecular weight excluding hydrogens is 360 g/mol. The van der Waals surface area contributed by atoms with Gasteiger partial charge in [0.25, 0.3) is 0 Å². The van der Waals surface area contributed by atoms with Gasteiger partial charge in [0.1, 0.15) is 0 Å². The third kappa shape index (κ3) is 5.26. The highest BCUT2D eigenvalue weighted by atomic mass is 14.3. The molecule has 160 valence electrons. The molecular formula is C30H40. The predicted molar refractivity (Wildman–Crippen MR) is 131 cm³/mol. The molecule has 2 aliphatic rings. The Morgan fingerprint density at radius 1 is 0.700 bits per heavy atom. The lowest BCUT2D eigenvalue weighted by Gasteiger charge is -2.29. The molecule has 0 heterocycles. The lowest BCUT2D eigenvalue weighted by atomic mass is 9.77. The van der Waals surface area contributed by atoms with Gasteiger partial charge in [-0.1, -0.05) is 80.8 Å². The molecule has 0 nitrogen and oxygen atoms in total. The second-order valence-corrected chi connectivity index (χ2v) is 9.95. The molecule has 0 amide bonds. The van der Waals surface area contributed by atoms with Gasteiger partial charge in [-0.3, -0.25) is 0 Å². The van der Waals surface area contributed by atoms with Crippen molar-refractivity contribution in [3.05, 3.63) is 72.3 Å². The molecule has 4 rings (SSSR count). The number of hydrogen-bond acceptors (Lipinski definition) is 0. The first-order valence-corrected chi connectivity index (χ1v) is 12.6. The zero-order valence-corrected chi connectivity index (χ0v) is 19.0. The van der Waals surface area contributed by atoms with Gasteiger partial charge in [-0.2, -0.15) is 0 Å². The van der Waals surface area contributed by atoms with Crippen molar-refractivity contribution in [1.29, 1.82) is 0 Å². The van der Waals surface area contributed by atoms with E-state index in [1.807, 2.05) is 0 Å². The Hall–Kier alpha value is -1.82. The summed E-state index contributed by atoms with van der Waals surface area (Å²) in [5.41, 5.74) is 5.80. The fourth-order valence-corrected chi connectivity index (χ4v) is 5.86. The van der Waals surface area contributed by atoms with Crippen molar-refractivity contribution in [2.24, 2.45) is 11.8 Å². The van der Waals surface area contributed by atoms with Crippen molar-refractivity contribution in [1.82, 2.24) is 0 Å². The number of rotatable bonds is 7. The minimum atomic E-state index is 0.741. The Bertz CT molecular complexity index is 766. The summed E-state index contributed by atoms with van der Waals surface area (Å²) in [5, 5.41) is 0. The van der Waals surface area contributed by atoms with Crippen LogP contribution in [0.15, 0.2) is 61.2 Å². The molecule has 2 aliphatic carbocycles. The first kappa shape index (κ1) is 21.4. The van der Waals surface area contributed by atoms with E-state index in [1.165, 1.54) is 87.3 Å². The van der Waals surface area contributed by atoms with Gasteiger partial charge in [0.05, 0.1) is 0 Å². The normalized spacial score (nSPS) is 27.0. The number of hydrogen-bond donors (Lipinski definition) is 0. The van der Waals surface area contributed by atoms with Gasteiger partial charge in [-0.25, -0.2) is 0 Å². The second kappa shape index (κ2) is 10.5. The molecule has 30 heavy (non-hydrogen) atoms. The first-order valence-electron chi connectivity index (χ1n) is 12.6. The molecule has 0 bridgehead atoms. The maximum Gasteiger partial charge on any atom is -0.0162 e. The summed E-state index contributed by atoms with van der Waals surface area (Å²) in [5.74, 6) is 3.26. The summed E-state index contributed by atoms with van der Waals surface area (Å²) in [7, 11) is 0. The lowest BCUT2D eigenvalue weighted by molar-refractivity contribution is 0.304. The Morgan fingerprint density at radius 3 is 1.60 bits per heavy atom. The first-order chi connectivity index (χ1) is 14.8. The van der Waals surface area contributed by atoms with Crippen LogP contribution < -0.4 is 0 Å². The minimum absolute atomic E-state index is 0.741. The molecule has 0 radical (unpaired) electrons. The van der Waals surface area contributed by atoms with E-state index < -0.39 is 0 Å². The Balaban J connectivity index is 1.33. The SMILES string of the molecule is C=CC1CCC(c2ccc(-c3ccc(C4CCC(CCCC)CC4)cc3)cc2)CC1. The fourth-order valence-electron chi connectivity index (χ4n) is 5.86. The molecule has 2 saturated carbocycles. The fraction of sp³-hybridized carbons (Fsp3) is 0.533. The third-order valence-electron chi connectivity index (χ3n) is 8.02. The van der Waals surface area contributed by atoms with E-state index in [9.17, 15) is 0 Å². The molecule has 0 unspecified atom stereocenters. The largest absolute Gasteiger partial charge is 0.103 e. The lowest BCUT2D eigenvalue weighted by Crippen LogP contribution is -2.13. The topological polar surface area (TPSA) is 0 Å². The number of unbranched alkanes of at least 4 members (excludes halogenated alkanes) is 1. The molecule has 2 aromatic carbocycles. The van der Waals surface area contributed by atoms with Gasteiger partial charge >= 0.3 is 0 Å². The van der Waals surface area contributed by atoms with Crippen LogP contribution in [-0.2, 0) is 0 Å². The molecule has 0 atom stereocenters. The Kier molecular flexibility index (Phi) is 7.47. The van der Waals surface area contributed by atoms with Crippen LogP contribution in [-0.4, -0.2) is 0 Å². The highest BCUT2D eigenvalue weighted by Crippen LogP contribution is 2.39. The Labute approximate surface area is 184 Å². The molecule has 0 saturated heterocycles. The van der Waals surface area contributed by atoms with Crippen molar-refractivity contribution in [2.75, 3.05) is 0 Å². The van der Waals surface area contributed by atoms with Crippen molar-refractivity contribution < 1.29 is 0 Å². The maximum atomic E-state index is 3.98. The van der Waals surface area contributed by atoms with Gasteiger partial charge < -0.3 is 0 Å². The standard InChI is InChI=1S/C30H40/c1-3-5-6-24-9-13-26(14-10-24)28-17-21-30(22-18-28)29-19-15-27(16-20-29)25-11-7-23(4-2)8-12-25/h4,15-26H,2-3,5-14H2,1H3. The van der Waals surface area contributed by atoms with Crippen molar-refractivity contribution >= 4 is 0 Å². The zero-order chi connectivity index (χ0) is 20.8. The van der Waals surface area contributed by atoms with Crippen molar-refractivity contribution in [2.45, 2.75) is 89.4 Å². The van der Waals surface area contributed by atoms with E-state index in [1.54, 1.807) is 5.56 Å². The molecule has 0 aliphatic heterocycles. The van der Waals surface area contributed by atoms with Crippen LogP contribution >= 0.6 is 0 Å². The summed E-state index contributed by atoms with van der Waals surface area (Å²) < 4.78 is 0. The molecule has 2 fully saturated rings. The van der Waals surface area contributed by atoms with E-state index >= 15 is 0 Å². The van der Waals surface area contributed by atoms with Crippen molar-refractivity contribution in [3.63, 3.8) is 0 Å². The molecule has 0 N–H and O–H groups in total. The van der Waals surface area contributed by atoms with E-state index in [4.69, 9.17) is 0 Å². The van der Waals surface area contributed by atoms with E-state index in [0.29, 0.717) is 0 Å². The summed E-state index contributed by atoms with van der Waals surface area (Å²) in [4.78, 5) is 0. The van der Waals surface area contributed by atoms with Crippen LogP contribution in [0, 0.1) is 11.8 Å². The monoisotopic (exact) mass is 400 g/mol. The molecule has 0 spiro atoms. The van der Waals surface area contributed by atoms with Crippen LogP contribution in [0.5, 0.6) is 0 Å². The predicted octanol–water partition coefficient (Wildman–Crippen LogP) is 9.28. The molecule has 0 aromatic heterocycles. The van der Waals surface area contributed by atoms with Crippen LogP contribution in [0.25, 0.3) is 11.1 Å². The van der Waals surface area contributed by atoms with Crippen LogP contribution in [0.1, 0.15) is 101 Å². The number of benzene rings is 2. The Morgan fingerprint density at radius 2 is 1.17 bits per heavy atom. The van der Waals surface area contributed by atoms with Gasteiger partial charge in [0.2, 0.25) is 0 Å². The smallest absolute Gasteiger partial charge is 0.0162 e. The van der Waals surface area contributed by atoms with Crippen LogP contribution in [0.2, 0.25) is 0 Å². The second-order valence-electron chi connectivity index (χ2n) is 9.95. The van der Waals surface area contributed by atoms with E-state index in [-0.39, 0.29) is 0 Å². The van der Waals surface area contributed by atoms with Crippen LogP contribution in [0.3, 0.4) is 0 Å².